The van der Waals surface area contributed by atoms with E-state index in [1.54, 1.807) is 31.3 Å². The lowest BCUT2D eigenvalue weighted by Gasteiger charge is -2.07. The van der Waals surface area contributed by atoms with Gasteiger partial charge in [0.1, 0.15) is 28.5 Å². The van der Waals surface area contributed by atoms with Crippen molar-refractivity contribution in [3.05, 3.63) is 88.9 Å². The molecule has 4 rings (SSSR count). The Morgan fingerprint density at radius 3 is 2.67 bits per heavy atom. The molecule has 7 heteroatoms. The summed E-state index contributed by atoms with van der Waals surface area (Å²) in [5.41, 5.74) is 2.59. The van der Waals surface area contributed by atoms with Crippen molar-refractivity contribution in [3.63, 3.8) is 0 Å². The molecule has 150 valence electrons. The number of nitrogens with one attached hydrogen (secondary N) is 1. The van der Waals surface area contributed by atoms with Crippen molar-refractivity contribution in [2.75, 3.05) is 5.32 Å². The minimum Gasteiger partial charge on any atom is -0.508 e. The SMILES string of the molecule is Cc1ccc(NC(=O)c2cc3ccc(O)cc3oc2=Nc2ccc(F)cc2C)nc1. The number of hydrogen-bond donors (Lipinski definition) is 2. The number of benzene rings is 2. The first kappa shape index (κ1) is 19.3. The van der Waals surface area contributed by atoms with Gasteiger partial charge in [-0.3, -0.25) is 4.79 Å². The first-order valence-electron chi connectivity index (χ1n) is 9.21. The standard InChI is InChI=1S/C23H18FN3O3/c1-13-3-8-21(25-12-13)27-22(29)18-10-15-4-6-17(28)11-20(15)30-23(18)26-19-7-5-16(24)9-14(19)2/h3-12,28H,1-2H3,(H,25,27,29). The van der Waals surface area contributed by atoms with Gasteiger partial charge in [0.05, 0.1) is 5.69 Å². The largest absolute Gasteiger partial charge is 0.508 e. The second kappa shape index (κ2) is 7.79. The highest BCUT2D eigenvalue weighted by atomic mass is 19.1. The number of aromatic hydroxyl groups is 1. The van der Waals surface area contributed by atoms with Crippen LogP contribution in [0.1, 0.15) is 21.5 Å². The molecule has 2 heterocycles. The molecule has 0 saturated carbocycles. The van der Waals surface area contributed by atoms with Gasteiger partial charge in [-0.05, 0) is 67.4 Å². The number of anilines is 1. The van der Waals surface area contributed by atoms with Gasteiger partial charge >= 0.3 is 0 Å². The molecule has 0 fully saturated rings. The summed E-state index contributed by atoms with van der Waals surface area (Å²) in [6.45, 7) is 3.61. The maximum Gasteiger partial charge on any atom is 0.262 e. The van der Waals surface area contributed by atoms with Crippen LogP contribution in [0.25, 0.3) is 11.0 Å². The fourth-order valence-electron chi connectivity index (χ4n) is 2.93. The average molecular weight is 403 g/mol. The molecule has 2 aromatic carbocycles. The van der Waals surface area contributed by atoms with Gasteiger partial charge in [-0.2, -0.15) is 0 Å². The monoisotopic (exact) mass is 403 g/mol. The molecule has 4 aromatic rings. The molecule has 1 amide bonds. The third-order valence-corrected chi connectivity index (χ3v) is 4.51. The summed E-state index contributed by atoms with van der Waals surface area (Å²) in [6.07, 6.45) is 1.65. The Hall–Kier alpha value is -4.00. The van der Waals surface area contributed by atoms with Gasteiger partial charge in [-0.15, -0.1) is 0 Å². The van der Waals surface area contributed by atoms with E-state index in [0.717, 1.165) is 5.56 Å². The van der Waals surface area contributed by atoms with Crippen molar-refractivity contribution < 1.29 is 18.7 Å². The highest BCUT2D eigenvalue weighted by molar-refractivity contribution is 6.05. The average Bonchev–Trinajstić information content (AvgIpc) is 2.71. The van der Waals surface area contributed by atoms with Gasteiger partial charge in [0.15, 0.2) is 0 Å². The van der Waals surface area contributed by atoms with Gasteiger partial charge in [-0.25, -0.2) is 14.4 Å². The molecule has 0 aliphatic carbocycles. The van der Waals surface area contributed by atoms with Crippen LogP contribution in [-0.4, -0.2) is 16.0 Å². The van der Waals surface area contributed by atoms with Crippen LogP contribution in [0.2, 0.25) is 0 Å². The van der Waals surface area contributed by atoms with E-state index in [4.69, 9.17) is 4.42 Å². The zero-order valence-corrected chi connectivity index (χ0v) is 16.3. The molecule has 0 unspecified atom stereocenters. The Morgan fingerprint density at radius 2 is 1.93 bits per heavy atom. The number of hydrogen-bond acceptors (Lipinski definition) is 5. The van der Waals surface area contributed by atoms with Gasteiger partial charge < -0.3 is 14.8 Å². The van der Waals surface area contributed by atoms with E-state index in [1.165, 1.54) is 30.3 Å². The fraction of sp³-hybridized carbons (Fsp3) is 0.0870. The number of amides is 1. The van der Waals surface area contributed by atoms with Gasteiger partial charge in [-0.1, -0.05) is 6.07 Å². The Balaban J connectivity index is 1.86. The van der Waals surface area contributed by atoms with Gasteiger partial charge in [0.2, 0.25) is 5.55 Å². The van der Waals surface area contributed by atoms with E-state index < -0.39 is 5.91 Å². The summed E-state index contributed by atoms with van der Waals surface area (Å²) in [4.78, 5) is 21.6. The van der Waals surface area contributed by atoms with E-state index in [0.29, 0.717) is 28.0 Å². The number of phenols is 1. The molecule has 0 aliphatic heterocycles. The number of nitrogens with zero attached hydrogens (tertiary/aromatic N) is 2. The molecule has 2 N–H and O–H groups in total. The third kappa shape index (κ3) is 4.05. The molecule has 0 atom stereocenters. The molecule has 30 heavy (non-hydrogen) atoms. The number of pyridine rings is 1. The number of aryl methyl sites for hydroxylation is 2. The summed E-state index contributed by atoms with van der Waals surface area (Å²) >= 11 is 0. The van der Waals surface area contributed by atoms with Crippen molar-refractivity contribution >= 4 is 28.4 Å². The lowest BCUT2D eigenvalue weighted by atomic mass is 10.1. The minimum atomic E-state index is -0.455. The predicted octanol–water partition coefficient (Wildman–Crippen LogP) is 4.77. The third-order valence-electron chi connectivity index (χ3n) is 4.51. The summed E-state index contributed by atoms with van der Waals surface area (Å²) in [6, 6.07) is 13.9. The van der Waals surface area contributed by atoms with Crippen molar-refractivity contribution in [2.45, 2.75) is 13.8 Å². The lowest BCUT2D eigenvalue weighted by Crippen LogP contribution is -2.22. The molecule has 2 aromatic heterocycles. The number of carbonyl (C=O) groups excluding carboxylic acids is 1. The van der Waals surface area contributed by atoms with Crippen LogP contribution in [-0.2, 0) is 0 Å². The van der Waals surface area contributed by atoms with Crippen molar-refractivity contribution in [3.8, 4) is 5.75 Å². The van der Waals surface area contributed by atoms with Crippen LogP contribution in [0, 0.1) is 19.7 Å². The fourth-order valence-corrected chi connectivity index (χ4v) is 2.93. The molecule has 0 saturated heterocycles. The molecule has 0 radical (unpaired) electrons. The van der Waals surface area contributed by atoms with Gasteiger partial charge in [0.25, 0.3) is 5.91 Å². The minimum absolute atomic E-state index is 0.0243. The first-order chi connectivity index (χ1) is 14.4. The number of fused-ring (bicyclic) bond motifs is 1. The number of carbonyl (C=O) groups is 1. The molecule has 0 bridgehead atoms. The highest BCUT2D eigenvalue weighted by Gasteiger charge is 2.14. The molecule has 6 nitrogen and oxygen atoms in total. The first-order valence-corrected chi connectivity index (χ1v) is 9.21. The molecular formula is C23H18FN3O3. The van der Waals surface area contributed by atoms with Crippen molar-refractivity contribution in [1.29, 1.82) is 0 Å². The molecule has 0 aliphatic rings. The van der Waals surface area contributed by atoms with Crippen LogP contribution in [0.4, 0.5) is 15.9 Å². The Kier molecular flexibility index (Phi) is 5.02. The van der Waals surface area contributed by atoms with Crippen molar-refractivity contribution in [1.82, 2.24) is 4.98 Å². The predicted molar refractivity (Wildman–Crippen MR) is 111 cm³/mol. The van der Waals surface area contributed by atoms with Crippen LogP contribution < -0.4 is 10.9 Å². The van der Waals surface area contributed by atoms with E-state index in [1.807, 2.05) is 13.0 Å². The van der Waals surface area contributed by atoms with Crippen molar-refractivity contribution in [2.24, 2.45) is 4.99 Å². The Labute approximate surface area is 171 Å². The van der Waals surface area contributed by atoms with E-state index in [2.05, 4.69) is 15.3 Å². The Morgan fingerprint density at radius 1 is 1.10 bits per heavy atom. The van der Waals surface area contributed by atoms with Gasteiger partial charge in [0, 0.05) is 17.6 Å². The summed E-state index contributed by atoms with van der Waals surface area (Å²) in [5.74, 6) is -0.421. The molecule has 0 spiro atoms. The smallest absolute Gasteiger partial charge is 0.262 e. The zero-order chi connectivity index (χ0) is 21.3. The quantitative estimate of drug-likeness (QED) is 0.516. The van der Waals surface area contributed by atoms with E-state index >= 15 is 0 Å². The number of aromatic nitrogens is 1. The summed E-state index contributed by atoms with van der Waals surface area (Å²) < 4.78 is 19.3. The summed E-state index contributed by atoms with van der Waals surface area (Å²) in [7, 11) is 0. The van der Waals surface area contributed by atoms with E-state index in [9.17, 15) is 14.3 Å². The van der Waals surface area contributed by atoms with Crippen LogP contribution >= 0.6 is 0 Å². The van der Waals surface area contributed by atoms with Crippen LogP contribution in [0.15, 0.2) is 70.2 Å². The number of halogens is 1. The normalized spacial score (nSPS) is 11.6. The second-order valence-corrected chi connectivity index (χ2v) is 6.90. The lowest BCUT2D eigenvalue weighted by molar-refractivity contribution is 0.102. The maximum absolute atomic E-state index is 13.5. The topological polar surface area (TPSA) is 87.7 Å². The second-order valence-electron chi connectivity index (χ2n) is 6.90. The van der Waals surface area contributed by atoms with Crippen LogP contribution in [0.3, 0.4) is 0 Å². The van der Waals surface area contributed by atoms with E-state index in [-0.39, 0.29) is 22.7 Å². The number of rotatable bonds is 3. The Bertz CT molecular complexity index is 1330. The molecular weight excluding hydrogens is 385 g/mol. The highest BCUT2D eigenvalue weighted by Crippen LogP contribution is 2.22. The maximum atomic E-state index is 13.5. The van der Waals surface area contributed by atoms with Crippen LogP contribution in [0.5, 0.6) is 5.75 Å². The zero-order valence-electron chi connectivity index (χ0n) is 16.3. The summed E-state index contributed by atoms with van der Waals surface area (Å²) in [5, 5.41) is 13.1. The number of phenolic OH excluding ortho intramolecular Hbond substituents is 1.